The number of rotatable bonds is 3. The van der Waals surface area contributed by atoms with E-state index in [-0.39, 0.29) is 16.7 Å². The smallest absolute Gasteiger partial charge is 0.119 e. The Morgan fingerprint density at radius 1 is 0.643 bits per heavy atom. The third kappa shape index (κ3) is 4.14. The van der Waals surface area contributed by atoms with E-state index in [1.165, 1.54) is 22.3 Å². The third-order valence-electron chi connectivity index (χ3n) is 5.42. The number of phenols is 1. The van der Waals surface area contributed by atoms with Gasteiger partial charge >= 0.3 is 0 Å². The molecule has 1 heteroatoms. The number of hydrogen-bond acceptors (Lipinski definition) is 1. The fourth-order valence-corrected chi connectivity index (χ4v) is 3.83. The molecule has 1 atom stereocenters. The zero-order valence-corrected chi connectivity index (χ0v) is 18.0. The number of aromatic hydroxyl groups is 1. The lowest BCUT2D eigenvalue weighted by Crippen LogP contribution is -2.20. The van der Waals surface area contributed by atoms with Crippen molar-refractivity contribution in [2.45, 2.75) is 58.3 Å². The maximum Gasteiger partial charge on any atom is 0.119 e. The molecule has 28 heavy (non-hydrogen) atoms. The highest BCUT2D eigenvalue weighted by atomic mass is 16.3. The summed E-state index contributed by atoms with van der Waals surface area (Å²) in [4.78, 5) is 0. The minimum absolute atomic E-state index is 0.00593. The lowest BCUT2D eigenvalue weighted by atomic mass is 9.73. The summed E-state index contributed by atoms with van der Waals surface area (Å²) < 4.78 is 0. The van der Waals surface area contributed by atoms with E-state index in [9.17, 15) is 5.11 Å². The molecule has 0 amide bonds. The quantitative estimate of drug-likeness (QED) is 0.483. The molecule has 0 heterocycles. The molecule has 0 saturated heterocycles. The molecule has 0 aliphatic heterocycles. The Labute approximate surface area is 170 Å². The van der Waals surface area contributed by atoms with Crippen LogP contribution in [0.2, 0.25) is 0 Å². The Morgan fingerprint density at radius 2 is 1.25 bits per heavy atom. The summed E-state index contributed by atoms with van der Waals surface area (Å²) >= 11 is 0. The SMILES string of the molecule is CC(C)(C)c1ccc(C(c2ccccc2)c2ccccc2O)c(C(C)(C)C)c1. The molecule has 0 saturated carbocycles. The predicted octanol–water partition coefficient (Wildman–Crippen LogP) is 7.17. The van der Waals surface area contributed by atoms with Crippen LogP contribution in [0.15, 0.2) is 72.8 Å². The molecule has 0 fully saturated rings. The first kappa shape index (κ1) is 20.2. The van der Waals surface area contributed by atoms with E-state index < -0.39 is 0 Å². The van der Waals surface area contributed by atoms with Crippen LogP contribution in [0.4, 0.5) is 0 Å². The number of phenolic OH excluding ortho intramolecular Hbond substituents is 1. The van der Waals surface area contributed by atoms with E-state index in [0.29, 0.717) is 5.75 Å². The summed E-state index contributed by atoms with van der Waals surface area (Å²) in [5, 5.41) is 10.7. The van der Waals surface area contributed by atoms with E-state index in [0.717, 1.165) is 5.56 Å². The summed E-state index contributed by atoms with van der Waals surface area (Å²) in [7, 11) is 0. The Bertz CT molecular complexity index is 940. The van der Waals surface area contributed by atoms with Crippen LogP contribution in [0.1, 0.15) is 75.3 Å². The number of hydrogen-bond donors (Lipinski definition) is 1. The summed E-state index contributed by atoms with van der Waals surface area (Å²) in [5.74, 6) is 0.335. The van der Waals surface area contributed by atoms with Gasteiger partial charge in [0.2, 0.25) is 0 Å². The lowest BCUT2D eigenvalue weighted by Gasteiger charge is -2.31. The fourth-order valence-electron chi connectivity index (χ4n) is 3.83. The van der Waals surface area contributed by atoms with Crippen molar-refractivity contribution in [1.29, 1.82) is 0 Å². The van der Waals surface area contributed by atoms with Gasteiger partial charge < -0.3 is 5.11 Å². The molecule has 1 N–H and O–H groups in total. The second-order valence-electron chi connectivity index (χ2n) is 9.70. The van der Waals surface area contributed by atoms with E-state index in [1.54, 1.807) is 6.07 Å². The summed E-state index contributed by atoms with van der Waals surface area (Å²) in [5.41, 5.74) is 6.15. The molecule has 0 radical (unpaired) electrons. The Hall–Kier alpha value is -2.54. The maximum atomic E-state index is 10.7. The van der Waals surface area contributed by atoms with Crippen LogP contribution in [-0.2, 0) is 10.8 Å². The Morgan fingerprint density at radius 3 is 1.82 bits per heavy atom. The Balaban J connectivity index is 2.31. The third-order valence-corrected chi connectivity index (χ3v) is 5.42. The highest BCUT2D eigenvalue weighted by molar-refractivity contribution is 5.53. The second-order valence-corrected chi connectivity index (χ2v) is 9.70. The summed E-state index contributed by atoms with van der Waals surface area (Å²) in [6, 6.07) is 25.1. The second kappa shape index (κ2) is 7.47. The highest BCUT2D eigenvalue weighted by Crippen LogP contribution is 2.42. The van der Waals surface area contributed by atoms with Gasteiger partial charge in [0.05, 0.1) is 0 Å². The van der Waals surface area contributed by atoms with Gasteiger partial charge in [-0.2, -0.15) is 0 Å². The number of para-hydroxylation sites is 1. The van der Waals surface area contributed by atoms with Crippen LogP contribution >= 0.6 is 0 Å². The molecule has 1 nitrogen and oxygen atoms in total. The molecule has 0 aliphatic rings. The van der Waals surface area contributed by atoms with Gasteiger partial charge in [0.1, 0.15) is 5.75 Å². The van der Waals surface area contributed by atoms with Crippen LogP contribution < -0.4 is 0 Å². The first-order valence-corrected chi connectivity index (χ1v) is 10.1. The molecule has 146 valence electrons. The van der Waals surface area contributed by atoms with Gasteiger partial charge in [-0.25, -0.2) is 0 Å². The van der Waals surface area contributed by atoms with E-state index >= 15 is 0 Å². The van der Waals surface area contributed by atoms with Crippen molar-refractivity contribution in [2.24, 2.45) is 0 Å². The first-order chi connectivity index (χ1) is 13.1. The van der Waals surface area contributed by atoms with Crippen LogP contribution in [0.5, 0.6) is 5.75 Å². The maximum absolute atomic E-state index is 10.7. The Kier molecular flexibility index (Phi) is 5.39. The molecular formula is C27H32O. The standard InChI is InChI=1S/C27H32O/c1-26(2,3)20-16-17-21(23(18-20)27(4,5)6)25(19-12-8-7-9-13-19)22-14-10-11-15-24(22)28/h7-18,25,28H,1-6H3. The molecule has 0 bridgehead atoms. The average molecular weight is 373 g/mol. The topological polar surface area (TPSA) is 20.2 Å². The molecule has 1 unspecified atom stereocenters. The van der Waals surface area contributed by atoms with E-state index in [4.69, 9.17) is 0 Å². The monoisotopic (exact) mass is 372 g/mol. The normalized spacial score (nSPS) is 13.4. The van der Waals surface area contributed by atoms with Crippen molar-refractivity contribution in [1.82, 2.24) is 0 Å². The van der Waals surface area contributed by atoms with Crippen LogP contribution in [0.3, 0.4) is 0 Å². The van der Waals surface area contributed by atoms with Gasteiger partial charge in [0.15, 0.2) is 0 Å². The van der Waals surface area contributed by atoms with E-state index in [2.05, 4.69) is 84.0 Å². The molecule has 3 aromatic rings. The van der Waals surface area contributed by atoms with Gasteiger partial charge in [-0.05, 0) is 39.2 Å². The van der Waals surface area contributed by atoms with Gasteiger partial charge in [-0.1, -0.05) is 108 Å². The minimum Gasteiger partial charge on any atom is -0.508 e. The van der Waals surface area contributed by atoms with Crippen molar-refractivity contribution in [3.63, 3.8) is 0 Å². The van der Waals surface area contributed by atoms with Gasteiger partial charge in [-0.3, -0.25) is 0 Å². The van der Waals surface area contributed by atoms with Crippen molar-refractivity contribution in [3.05, 3.63) is 101 Å². The lowest BCUT2D eigenvalue weighted by molar-refractivity contribution is 0.466. The predicted molar refractivity (Wildman–Crippen MR) is 119 cm³/mol. The van der Waals surface area contributed by atoms with Gasteiger partial charge in [-0.15, -0.1) is 0 Å². The molecule has 0 aliphatic carbocycles. The highest BCUT2D eigenvalue weighted by Gasteiger charge is 2.28. The van der Waals surface area contributed by atoms with Gasteiger partial charge in [0.25, 0.3) is 0 Å². The van der Waals surface area contributed by atoms with E-state index in [1.807, 2.05) is 24.3 Å². The van der Waals surface area contributed by atoms with Crippen LogP contribution in [-0.4, -0.2) is 5.11 Å². The molecule has 0 aromatic heterocycles. The van der Waals surface area contributed by atoms with Crippen LogP contribution in [0.25, 0.3) is 0 Å². The average Bonchev–Trinajstić information content (AvgIpc) is 2.63. The fraction of sp³-hybridized carbons (Fsp3) is 0.333. The first-order valence-electron chi connectivity index (χ1n) is 10.1. The molecule has 3 aromatic carbocycles. The summed E-state index contributed by atoms with van der Waals surface area (Å²) in [6.45, 7) is 13.6. The molecule has 3 rings (SSSR count). The summed E-state index contributed by atoms with van der Waals surface area (Å²) in [6.07, 6.45) is 0. The largest absolute Gasteiger partial charge is 0.508 e. The van der Waals surface area contributed by atoms with Crippen molar-refractivity contribution < 1.29 is 5.11 Å². The molecular weight excluding hydrogens is 340 g/mol. The molecule has 0 spiro atoms. The minimum atomic E-state index is -0.00866. The zero-order chi connectivity index (χ0) is 20.5. The van der Waals surface area contributed by atoms with Gasteiger partial charge in [0, 0.05) is 11.5 Å². The van der Waals surface area contributed by atoms with Crippen molar-refractivity contribution in [3.8, 4) is 5.75 Å². The van der Waals surface area contributed by atoms with Crippen molar-refractivity contribution >= 4 is 0 Å². The zero-order valence-electron chi connectivity index (χ0n) is 18.0. The van der Waals surface area contributed by atoms with Crippen molar-refractivity contribution in [2.75, 3.05) is 0 Å². The van der Waals surface area contributed by atoms with Crippen LogP contribution in [0, 0.1) is 0 Å². The number of benzene rings is 3.